The quantitative estimate of drug-likeness (QED) is 0.204. The van der Waals surface area contributed by atoms with Gasteiger partial charge in [0.25, 0.3) is 0 Å². The first kappa shape index (κ1) is 24.9. The van der Waals surface area contributed by atoms with Gasteiger partial charge in [-0.15, -0.1) is 0 Å². The summed E-state index contributed by atoms with van der Waals surface area (Å²) in [5.74, 6) is -2.62. The Kier molecular flexibility index (Phi) is 5.65. The number of fused-ring (bicyclic) bond motifs is 2. The van der Waals surface area contributed by atoms with Crippen molar-refractivity contribution in [1.29, 1.82) is 0 Å². The maximum absolute atomic E-state index is 13.5. The van der Waals surface area contributed by atoms with Gasteiger partial charge in [0, 0.05) is 5.56 Å². The molecule has 0 unspecified atom stereocenters. The van der Waals surface area contributed by atoms with Crippen LogP contribution in [0.4, 0.5) is 13.2 Å². The van der Waals surface area contributed by atoms with Gasteiger partial charge in [0.1, 0.15) is 23.0 Å². The Bertz CT molecular complexity index is 1770. The zero-order chi connectivity index (χ0) is 28.2. The van der Waals surface area contributed by atoms with E-state index in [1.54, 1.807) is 0 Å². The number of rotatable bonds is 5. The Morgan fingerprint density at radius 2 is 1.02 bits per heavy atom. The molecule has 0 aliphatic carbocycles. The van der Waals surface area contributed by atoms with Crippen molar-refractivity contribution in [2.24, 2.45) is 0 Å². The van der Waals surface area contributed by atoms with Gasteiger partial charge in [-0.3, -0.25) is 0 Å². The SMILES string of the molecule is O=C1OC(=O)c2cc(Oc3ccc(Oc4ccc5c(c4)C(=O)OC5=O)c(-c4cccc(C(F)(F)F)c4)c3)ccc21. The van der Waals surface area contributed by atoms with Gasteiger partial charge in [0.15, 0.2) is 0 Å². The van der Waals surface area contributed by atoms with E-state index in [1.165, 1.54) is 66.7 Å². The van der Waals surface area contributed by atoms with Crippen LogP contribution in [0.3, 0.4) is 0 Å². The first-order valence-corrected chi connectivity index (χ1v) is 11.6. The molecule has 0 saturated heterocycles. The van der Waals surface area contributed by atoms with Gasteiger partial charge in [-0.1, -0.05) is 12.1 Å². The Hall–Kier alpha value is -5.45. The van der Waals surface area contributed by atoms with Gasteiger partial charge in [-0.2, -0.15) is 13.2 Å². The highest BCUT2D eigenvalue weighted by atomic mass is 19.4. The fourth-order valence-electron chi connectivity index (χ4n) is 4.27. The summed E-state index contributed by atoms with van der Waals surface area (Å²) >= 11 is 0. The molecular weight excluding hydrogens is 533 g/mol. The molecule has 2 aliphatic rings. The Morgan fingerprint density at radius 1 is 0.525 bits per heavy atom. The number of carbonyl (C=O) groups excluding carboxylic acids is 4. The van der Waals surface area contributed by atoms with E-state index in [-0.39, 0.29) is 56.4 Å². The molecule has 198 valence electrons. The summed E-state index contributed by atoms with van der Waals surface area (Å²) in [7, 11) is 0. The molecule has 2 aliphatic heterocycles. The molecule has 4 aromatic carbocycles. The van der Waals surface area contributed by atoms with Gasteiger partial charge in [0.2, 0.25) is 0 Å². The molecule has 0 aromatic heterocycles. The number of hydrogen-bond donors (Lipinski definition) is 0. The summed E-state index contributed by atoms with van der Waals surface area (Å²) < 4.78 is 61.4. The zero-order valence-electron chi connectivity index (χ0n) is 19.9. The van der Waals surface area contributed by atoms with Gasteiger partial charge in [0.05, 0.1) is 27.8 Å². The Balaban J connectivity index is 1.39. The summed E-state index contributed by atoms with van der Waals surface area (Å²) in [6.45, 7) is 0. The average molecular weight is 546 g/mol. The number of ether oxygens (including phenoxy) is 4. The predicted molar refractivity (Wildman–Crippen MR) is 129 cm³/mol. The third-order valence-electron chi connectivity index (χ3n) is 6.15. The lowest BCUT2D eigenvalue weighted by Crippen LogP contribution is -2.04. The maximum atomic E-state index is 13.5. The molecule has 0 fully saturated rings. The number of alkyl halides is 3. The summed E-state index contributed by atoms with van der Waals surface area (Å²) in [4.78, 5) is 47.3. The van der Waals surface area contributed by atoms with Crippen LogP contribution in [0.15, 0.2) is 78.9 Å². The van der Waals surface area contributed by atoms with Crippen LogP contribution < -0.4 is 9.47 Å². The zero-order valence-corrected chi connectivity index (χ0v) is 19.9. The highest BCUT2D eigenvalue weighted by Gasteiger charge is 2.32. The third kappa shape index (κ3) is 4.43. The lowest BCUT2D eigenvalue weighted by molar-refractivity contribution is -0.137. The number of hydrogen-bond acceptors (Lipinski definition) is 8. The molecule has 0 atom stereocenters. The molecule has 0 N–H and O–H groups in total. The molecule has 11 heteroatoms. The normalized spacial score (nSPS) is 14.0. The fraction of sp³-hybridized carbons (Fsp3) is 0.0345. The lowest BCUT2D eigenvalue weighted by Gasteiger charge is -2.15. The van der Waals surface area contributed by atoms with E-state index < -0.39 is 35.6 Å². The molecule has 0 bridgehead atoms. The summed E-state index contributed by atoms with van der Waals surface area (Å²) in [5.41, 5.74) is -0.355. The van der Waals surface area contributed by atoms with Crippen LogP contribution in [0, 0.1) is 0 Å². The topological polar surface area (TPSA) is 105 Å². The van der Waals surface area contributed by atoms with Crippen LogP contribution >= 0.6 is 0 Å². The smallest absolute Gasteiger partial charge is 0.416 e. The van der Waals surface area contributed by atoms with Crippen molar-refractivity contribution in [3.8, 4) is 34.1 Å². The largest absolute Gasteiger partial charge is 0.457 e. The second-order valence-corrected chi connectivity index (χ2v) is 8.71. The number of esters is 4. The second-order valence-electron chi connectivity index (χ2n) is 8.71. The number of halogens is 3. The third-order valence-corrected chi connectivity index (χ3v) is 6.15. The van der Waals surface area contributed by atoms with E-state index >= 15 is 0 Å². The van der Waals surface area contributed by atoms with Gasteiger partial charge < -0.3 is 18.9 Å². The molecule has 40 heavy (non-hydrogen) atoms. The molecule has 2 heterocycles. The molecule has 0 saturated carbocycles. The summed E-state index contributed by atoms with van der Waals surface area (Å²) in [5, 5.41) is 0. The number of benzene rings is 4. The Labute approximate surface area is 222 Å². The van der Waals surface area contributed by atoms with E-state index in [4.69, 9.17) is 9.47 Å². The minimum Gasteiger partial charge on any atom is -0.457 e. The van der Waals surface area contributed by atoms with Crippen molar-refractivity contribution in [2.45, 2.75) is 6.18 Å². The minimum absolute atomic E-state index is 0.00306. The molecule has 6 rings (SSSR count). The van der Waals surface area contributed by atoms with Crippen molar-refractivity contribution in [1.82, 2.24) is 0 Å². The molecular formula is C29H13F3O8. The molecule has 0 spiro atoms. The van der Waals surface area contributed by atoms with Crippen LogP contribution in [-0.4, -0.2) is 23.9 Å². The Morgan fingerprint density at radius 3 is 1.60 bits per heavy atom. The highest BCUT2D eigenvalue weighted by Crippen LogP contribution is 2.40. The van der Waals surface area contributed by atoms with Crippen LogP contribution in [0.5, 0.6) is 23.0 Å². The highest BCUT2D eigenvalue weighted by molar-refractivity contribution is 6.15. The van der Waals surface area contributed by atoms with E-state index in [9.17, 15) is 32.3 Å². The van der Waals surface area contributed by atoms with E-state index in [1.807, 2.05) is 0 Å². The first-order valence-electron chi connectivity index (χ1n) is 11.6. The van der Waals surface area contributed by atoms with Crippen molar-refractivity contribution in [3.05, 3.63) is 107 Å². The van der Waals surface area contributed by atoms with Crippen molar-refractivity contribution in [2.75, 3.05) is 0 Å². The van der Waals surface area contributed by atoms with Crippen molar-refractivity contribution < 1.29 is 51.3 Å². The summed E-state index contributed by atoms with van der Waals surface area (Å²) in [6.07, 6.45) is -4.60. The molecule has 0 amide bonds. The van der Waals surface area contributed by atoms with Gasteiger partial charge in [-0.25, -0.2) is 19.2 Å². The van der Waals surface area contributed by atoms with Crippen LogP contribution in [-0.2, 0) is 15.7 Å². The van der Waals surface area contributed by atoms with Crippen molar-refractivity contribution in [3.63, 3.8) is 0 Å². The van der Waals surface area contributed by atoms with Gasteiger partial charge in [-0.05, 0) is 72.3 Å². The predicted octanol–water partition coefficient (Wildman–Crippen LogP) is 6.58. The number of cyclic esters (lactones) is 4. The van der Waals surface area contributed by atoms with Crippen LogP contribution in [0.2, 0.25) is 0 Å². The van der Waals surface area contributed by atoms with Crippen LogP contribution in [0.1, 0.15) is 47.0 Å². The average Bonchev–Trinajstić information content (AvgIpc) is 3.37. The monoisotopic (exact) mass is 546 g/mol. The second kappa shape index (κ2) is 9.09. The molecule has 4 aromatic rings. The maximum Gasteiger partial charge on any atom is 0.416 e. The summed E-state index contributed by atoms with van der Waals surface area (Å²) in [6, 6.07) is 17.1. The molecule has 0 radical (unpaired) electrons. The number of carbonyl (C=O) groups is 4. The standard InChI is InChI=1S/C29H13F3O8/c30-29(31,32)15-3-1-2-14(10-15)21-11-17(37-16-4-7-19-22(12-16)27(35)39-25(19)33)6-9-24(21)38-18-5-8-20-23(13-18)28(36)40-26(20)34/h1-13H. The minimum atomic E-state index is -4.60. The fourth-order valence-corrected chi connectivity index (χ4v) is 4.27. The first-order chi connectivity index (χ1) is 19.1. The van der Waals surface area contributed by atoms with Crippen LogP contribution in [0.25, 0.3) is 11.1 Å². The van der Waals surface area contributed by atoms with E-state index in [0.717, 1.165) is 12.1 Å². The van der Waals surface area contributed by atoms with E-state index in [0.29, 0.717) is 0 Å². The molecule has 8 nitrogen and oxygen atoms in total. The lowest BCUT2D eigenvalue weighted by atomic mass is 10.0. The van der Waals surface area contributed by atoms with E-state index in [2.05, 4.69) is 9.47 Å². The van der Waals surface area contributed by atoms with Gasteiger partial charge >= 0.3 is 30.1 Å². The van der Waals surface area contributed by atoms with Crippen molar-refractivity contribution >= 4 is 23.9 Å².